The van der Waals surface area contributed by atoms with Crippen molar-refractivity contribution in [2.24, 2.45) is 0 Å². The van der Waals surface area contributed by atoms with Crippen molar-refractivity contribution in [1.29, 1.82) is 0 Å². The van der Waals surface area contributed by atoms with Gasteiger partial charge in [0.1, 0.15) is 0 Å². The Hall–Kier alpha value is -2.44. The molecule has 1 saturated heterocycles. The third kappa shape index (κ3) is 3.18. The van der Waals surface area contributed by atoms with Crippen LogP contribution in [-0.2, 0) is 6.42 Å². The van der Waals surface area contributed by atoms with Crippen LogP contribution in [0.2, 0.25) is 5.02 Å². The highest BCUT2D eigenvalue weighted by atomic mass is 35.5. The number of carbonyl (C=O) groups excluding carboxylic acids is 1. The van der Waals surface area contributed by atoms with Crippen LogP contribution in [0.3, 0.4) is 0 Å². The normalized spacial score (nSPS) is 17.2. The predicted molar refractivity (Wildman–Crippen MR) is 98.5 cm³/mol. The molecule has 1 amide bonds. The van der Waals surface area contributed by atoms with E-state index < -0.39 is 0 Å². The zero-order valence-corrected chi connectivity index (χ0v) is 14.9. The molecule has 1 aromatic carbocycles. The van der Waals surface area contributed by atoms with E-state index in [0.29, 0.717) is 30.9 Å². The molecule has 1 N–H and O–H groups in total. The van der Waals surface area contributed by atoms with Crippen molar-refractivity contribution in [3.8, 4) is 0 Å². The third-order valence-electron chi connectivity index (χ3n) is 4.81. The smallest absolute Gasteiger partial charge is 0.274 e. The van der Waals surface area contributed by atoms with Gasteiger partial charge >= 0.3 is 0 Å². The molecular formula is C19H19ClN4O2. The largest absolute Gasteiger partial charge is 0.396 e. The average molecular weight is 371 g/mol. The zero-order chi connectivity index (χ0) is 18.1. The van der Waals surface area contributed by atoms with E-state index in [-0.39, 0.29) is 18.4 Å². The lowest BCUT2D eigenvalue weighted by molar-refractivity contribution is 0.0784. The summed E-state index contributed by atoms with van der Waals surface area (Å²) in [4.78, 5) is 19.0. The number of hydrogen-bond acceptors (Lipinski definition) is 4. The Labute approximate surface area is 156 Å². The average Bonchev–Trinajstić information content (AvgIpc) is 3.28. The van der Waals surface area contributed by atoms with E-state index in [1.807, 2.05) is 29.2 Å². The van der Waals surface area contributed by atoms with E-state index in [1.54, 1.807) is 23.0 Å². The highest BCUT2D eigenvalue weighted by Gasteiger charge is 2.30. The predicted octanol–water partition coefficient (Wildman–Crippen LogP) is 2.55. The fourth-order valence-electron chi connectivity index (χ4n) is 3.44. The fraction of sp³-hybridized carbons (Fsp3) is 0.316. The SMILES string of the molecule is O=C(c1cc2ncc(CCO)cn2n1)N1CC[C@H](c2ccccc2Cl)C1. The lowest BCUT2D eigenvalue weighted by atomic mass is 9.98. The van der Waals surface area contributed by atoms with Gasteiger partial charge in [0.05, 0.1) is 0 Å². The molecule has 1 fully saturated rings. The number of aliphatic hydroxyl groups excluding tert-OH is 1. The minimum absolute atomic E-state index is 0.0530. The molecule has 1 aliphatic rings. The second-order valence-electron chi connectivity index (χ2n) is 6.53. The van der Waals surface area contributed by atoms with Gasteiger partial charge in [-0.05, 0) is 30.0 Å². The number of aromatic nitrogens is 3. The summed E-state index contributed by atoms with van der Waals surface area (Å²) < 4.78 is 1.60. The highest BCUT2D eigenvalue weighted by Crippen LogP contribution is 2.32. The summed E-state index contributed by atoms with van der Waals surface area (Å²) in [7, 11) is 0. The van der Waals surface area contributed by atoms with E-state index in [4.69, 9.17) is 16.7 Å². The quantitative estimate of drug-likeness (QED) is 0.766. The molecule has 1 atom stereocenters. The number of carbonyl (C=O) groups is 1. The molecule has 26 heavy (non-hydrogen) atoms. The van der Waals surface area contributed by atoms with Crippen LogP contribution in [-0.4, -0.2) is 50.2 Å². The molecule has 4 rings (SSSR count). The summed E-state index contributed by atoms with van der Waals surface area (Å²) in [5.41, 5.74) is 2.98. The molecule has 0 unspecified atom stereocenters. The first-order valence-electron chi connectivity index (χ1n) is 8.64. The number of amides is 1. The van der Waals surface area contributed by atoms with E-state index in [0.717, 1.165) is 22.6 Å². The number of likely N-dealkylation sites (tertiary alicyclic amines) is 1. The number of halogens is 1. The van der Waals surface area contributed by atoms with Gasteiger partial charge in [0, 0.05) is 49.1 Å². The Morgan fingerprint density at radius 2 is 2.19 bits per heavy atom. The van der Waals surface area contributed by atoms with Crippen LogP contribution < -0.4 is 0 Å². The lowest BCUT2D eigenvalue weighted by Gasteiger charge is -2.16. The fourth-order valence-corrected chi connectivity index (χ4v) is 3.73. The molecule has 0 saturated carbocycles. The molecule has 0 bridgehead atoms. The summed E-state index contributed by atoms with van der Waals surface area (Å²) in [6, 6.07) is 9.51. The van der Waals surface area contributed by atoms with E-state index in [9.17, 15) is 4.79 Å². The van der Waals surface area contributed by atoms with Gasteiger partial charge < -0.3 is 10.0 Å². The van der Waals surface area contributed by atoms with Gasteiger partial charge in [0.15, 0.2) is 11.3 Å². The van der Waals surface area contributed by atoms with Gasteiger partial charge in [-0.2, -0.15) is 5.10 Å². The monoisotopic (exact) mass is 370 g/mol. The van der Waals surface area contributed by atoms with Crippen molar-refractivity contribution in [2.75, 3.05) is 19.7 Å². The van der Waals surface area contributed by atoms with Crippen molar-refractivity contribution in [3.63, 3.8) is 0 Å². The molecule has 1 aliphatic heterocycles. The van der Waals surface area contributed by atoms with Gasteiger partial charge in [0.25, 0.3) is 5.91 Å². The maximum Gasteiger partial charge on any atom is 0.274 e. The van der Waals surface area contributed by atoms with Crippen LogP contribution in [0.4, 0.5) is 0 Å². The van der Waals surface area contributed by atoms with E-state index in [1.165, 1.54) is 0 Å². The minimum atomic E-state index is -0.0891. The minimum Gasteiger partial charge on any atom is -0.396 e. The number of nitrogens with zero attached hydrogens (tertiary/aromatic N) is 4. The van der Waals surface area contributed by atoms with Crippen molar-refractivity contribution in [1.82, 2.24) is 19.5 Å². The Kier molecular flexibility index (Phi) is 4.61. The summed E-state index contributed by atoms with van der Waals surface area (Å²) in [6.07, 6.45) is 4.90. The summed E-state index contributed by atoms with van der Waals surface area (Å²) in [6.45, 7) is 1.38. The molecule has 3 aromatic rings. The second kappa shape index (κ2) is 7.05. The first-order valence-corrected chi connectivity index (χ1v) is 9.02. The Morgan fingerprint density at radius 1 is 1.35 bits per heavy atom. The van der Waals surface area contributed by atoms with Gasteiger partial charge in [-0.15, -0.1) is 0 Å². The molecular weight excluding hydrogens is 352 g/mol. The summed E-state index contributed by atoms with van der Waals surface area (Å²) in [5.74, 6) is 0.160. The Balaban J connectivity index is 1.53. The van der Waals surface area contributed by atoms with Crippen LogP contribution in [0.1, 0.15) is 34.0 Å². The number of rotatable bonds is 4. The number of aliphatic hydroxyl groups is 1. The first kappa shape index (κ1) is 17.0. The second-order valence-corrected chi connectivity index (χ2v) is 6.93. The Morgan fingerprint density at radius 3 is 3.00 bits per heavy atom. The molecule has 6 nitrogen and oxygen atoms in total. The molecule has 2 aromatic heterocycles. The van der Waals surface area contributed by atoms with Gasteiger partial charge in [0.2, 0.25) is 0 Å². The maximum atomic E-state index is 12.8. The molecule has 0 radical (unpaired) electrons. The molecule has 3 heterocycles. The Bertz CT molecular complexity index is 956. The topological polar surface area (TPSA) is 70.7 Å². The molecule has 7 heteroatoms. The van der Waals surface area contributed by atoms with Gasteiger partial charge in [-0.1, -0.05) is 29.8 Å². The van der Waals surface area contributed by atoms with Crippen molar-refractivity contribution < 1.29 is 9.90 Å². The van der Waals surface area contributed by atoms with Crippen LogP contribution >= 0.6 is 11.6 Å². The first-order chi connectivity index (χ1) is 12.7. The van der Waals surface area contributed by atoms with Crippen LogP contribution in [0.15, 0.2) is 42.7 Å². The highest BCUT2D eigenvalue weighted by molar-refractivity contribution is 6.31. The van der Waals surface area contributed by atoms with E-state index in [2.05, 4.69) is 10.1 Å². The molecule has 0 spiro atoms. The zero-order valence-electron chi connectivity index (χ0n) is 14.2. The standard InChI is InChI=1S/C19H19ClN4O2/c20-16-4-2-1-3-15(16)14-5-7-23(12-14)19(26)17-9-18-21-10-13(6-8-25)11-24(18)22-17/h1-4,9-11,14,25H,5-8,12H2/t14-/m0/s1. The van der Waals surface area contributed by atoms with Gasteiger partial charge in [-0.25, -0.2) is 9.50 Å². The lowest BCUT2D eigenvalue weighted by Crippen LogP contribution is -2.28. The number of benzene rings is 1. The van der Waals surface area contributed by atoms with Gasteiger partial charge in [-0.3, -0.25) is 4.79 Å². The molecule has 134 valence electrons. The molecule has 0 aliphatic carbocycles. The summed E-state index contributed by atoms with van der Waals surface area (Å²) >= 11 is 6.30. The van der Waals surface area contributed by atoms with Crippen LogP contribution in [0.5, 0.6) is 0 Å². The van der Waals surface area contributed by atoms with Crippen LogP contribution in [0.25, 0.3) is 5.65 Å². The van der Waals surface area contributed by atoms with Crippen LogP contribution in [0, 0.1) is 0 Å². The number of hydrogen-bond donors (Lipinski definition) is 1. The third-order valence-corrected chi connectivity index (χ3v) is 5.15. The van der Waals surface area contributed by atoms with Crippen molar-refractivity contribution in [3.05, 3.63) is 64.6 Å². The number of fused-ring (bicyclic) bond motifs is 1. The van der Waals surface area contributed by atoms with E-state index >= 15 is 0 Å². The van der Waals surface area contributed by atoms with Crippen molar-refractivity contribution in [2.45, 2.75) is 18.8 Å². The summed E-state index contributed by atoms with van der Waals surface area (Å²) in [5, 5.41) is 14.2. The van der Waals surface area contributed by atoms with Crippen molar-refractivity contribution >= 4 is 23.2 Å². The maximum absolute atomic E-state index is 12.8.